The van der Waals surface area contributed by atoms with Crippen LogP contribution in [0.25, 0.3) is 0 Å². The lowest BCUT2D eigenvalue weighted by molar-refractivity contribution is -0.117. The van der Waals surface area contributed by atoms with Crippen LogP contribution in [0.5, 0.6) is 0 Å². The van der Waals surface area contributed by atoms with Gasteiger partial charge in [-0.3, -0.25) is 9.78 Å². The van der Waals surface area contributed by atoms with Crippen LogP contribution in [-0.2, 0) is 17.6 Å². The average molecular weight is 264 g/mol. The summed E-state index contributed by atoms with van der Waals surface area (Å²) in [5.41, 5.74) is 1.22. The van der Waals surface area contributed by atoms with E-state index in [9.17, 15) is 9.18 Å². The number of pyridine rings is 1. The van der Waals surface area contributed by atoms with Crippen LogP contribution in [0.2, 0.25) is 5.02 Å². The largest absolute Gasteiger partial charge is 0.299 e. The maximum Gasteiger partial charge on any atom is 0.143 e. The zero-order valence-corrected chi connectivity index (χ0v) is 10.3. The summed E-state index contributed by atoms with van der Waals surface area (Å²) in [6, 6.07) is 9.42. The van der Waals surface area contributed by atoms with E-state index in [1.807, 2.05) is 6.07 Å². The number of benzene rings is 1. The molecule has 0 spiro atoms. The fourth-order valence-electron chi connectivity index (χ4n) is 1.66. The molecule has 0 atom stereocenters. The zero-order chi connectivity index (χ0) is 13.0. The molecule has 0 aliphatic carbocycles. The van der Waals surface area contributed by atoms with Gasteiger partial charge in [0.25, 0.3) is 0 Å². The Hall–Kier alpha value is -1.74. The molecule has 0 amide bonds. The van der Waals surface area contributed by atoms with E-state index in [4.69, 9.17) is 11.6 Å². The van der Waals surface area contributed by atoms with Crippen molar-refractivity contribution in [1.29, 1.82) is 0 Å². The Morgan fingerprint density at radius 1 is 1.22 bits per heavy atom. The molecule has 0 aliphatic rings. The number of aromatic nitrogens is 1. The highest BCUT2D eigenvalue weighted by Gasteiger charge is 2.09. The van der Waals surface area contributed by atoms with Crippen LogP contribution in [0.1, 0.15) is 11.3 Å². The summed E-state index contributed by atoms with van der Waals surface area (Å²) in [5.74, 6) is -0.429. The molecule has 2 nitrogen and oxygen atoms in total. The molecule has 92 valence electrons. The topological polar surface area (TPSA) is 30.0 Å². The van der Waals surface area contributed by atoms with E-state index in [1.165, 1.54) is 18.2 Å². The molecule has 4 heteroatoms. The van der Waals surface area contributed by atoms with Crippen LogP contribution in [0.15, 0.2) is 42.6 Å². The van der Waals surface area contributed by atoms with E-state index < -0.39 is 0 Å². The molecule has 1 aromatic carbocycles. The molecule has 0 N–H and O–H groups in total. The van der Waals surface area contributed by atoms with Crippen LogP contribution < -0.4 is 0 Å². The first-order chi connectivity index (χ1) is 8.65. The van der Waals surface area contributed by atoms with Crippen molar-refractivity contribution in [2.75, 3.05) is 0 Å². The first-order valence-electron chi connectivity index (χ1n) is 5.50. The molecule has 2 aromatic rings. The van der Waals surface area contributed by atoms with Crippen molar-refractivity contribution in [3.8, 4) is 0 Å². The second-order valence-electron chi connectivity index (χ2n) is 3.95. The summed E-state index contributed by atoms with van der Waals surface area (Å²) in [6.07, 6.45) is 1.98. The Morgan fingerprint density at radius 3 is 2.78 bits per heavy atom. The van der Waals surface area contributed by atoms with Crippen molar-refractivity contribution in [3.05, 3.63) is 64.7 Å². The van der Waals surface area contributed by atoms with Gasteiger partial charge in [0.15, 0.2) is 0 Å². The van der Waals surface area contributed by atoms with Gasteiger partial charge in [0.2, 0.25) is 0 Å². The molecule has 1 aromatic heterocycles. The molecule has 0 unspecified atom stereocenters. The van der Waals surface area contributed by atoms with Crippen molar-refractivity contribution < 1.29 is 9.18 Å². The van der Waals surface area contributed by atoms with E-state index >= 15 is 0 Å². The quantitative estimate of drug-likeness (QED) is 0.848. The van der Waals surface area contributed by atoms with Crippen LogP contribution in [0.3, 0.4) is 0 Å². The van der Waals surface area contributed by atoms with E-state index in [0.717, 1.165) is 0 Å². The zero-order valence-electron chi connectivity index (χ0n) is 9.57. The van der Waals surface area contributed by atoms with Crippen LogP contribution >= 0.6 is 11.6 Å². The van der Waals surface area contributed by atoms with Gasteiger partial charge in [0.05, 0.1) is 0 Å². The number of carbonyl (C=O) groups excluding carboxylic acids is 1. The first-order valence-corrected chi connectivity index (χ1v) is 5.88. The Morgan fingerprint density at radius 2 is 2.06 bits per heavy atom. The van der Waals surface area contributed by atoms with Crippen molar-refractivity contribution in [2.24, 2.45) is 0 Å². The van der Waals surface area contributed by atoms with Crippen LogP contribution in [0, 0.1) is 5.82 Å². The van der Waals surface area contributed by atoms with Gasteiger partial charge in [0.1, 0.15) is 11.6 Å². The molecule has 0 saturated heterocycles. The molecule has 18 heavy (non-hydrogen) atoms. The Bertz CT molecular complexity index is 557. The van der Waals surface area contributed by atoms with Crippen molar-refractivity contribution in [2.45, 2.75) is 12.8 Å². The molecular weight excluding hydrogens is 253 g/mol. The van der Waals surface area contributed by atoms with Crippen LogP contribution in [0.4, 0.5) is 4.39 Å². The Labute approximate surface area is 109 Å². The minimum atomic E-state index is -0.389. The summed E-state index contributed by atoms with van der Waals surface area (Å²) in [7, 11) is 0. The highest BCUT2D eigenvalue weighted by atomic mass is 35.5. The predicted octanol–water partition coefficient (Wildman–Crippen LogP) is 3.23. The van der Waals surface area contributed by atoms with Gasteiger partial charge < -0.3 is 0 Å². The SMILES string of the molecule is O=C(Cc1ccccn1)Cc1cc(F)ccc1Cl. The number of carbonyl (C=O) groups is 1. The minimum Gasteiger partial charge on any atom is -0.299 e. The lowest BCUT2D eigenvalue weighted by atomic mass is 10.1. The third-order valence-electron chi connectivity index (χ3n) is 2.50. The maximum atomic E-state index is 13.0. The Balaban J connectivity index is 2.05. The summed E-state index contributed by atoms with van der Waals surface area (Å²) in [5, 5.41) is 0.408. The normalized spacial score (nSPS) is 10.3. The number of Topliss-reactive ketones (excluding diaryl/α,β-unsaturated/α-hetero) is 1. The molecule has 0 saturated carbocycles. The molecule has 0 bridgehead atoms. The second kappa shape index (κ2) is 5.74. The smallest absolute Gasteiger partial charge is 0.143 e. The first kappa shape index (κ1) is 12.7. The highest BCUT2D eigenvalue weighted by molar-refractivity contribution is 6.31. The minimum absolute atomic E-state index is 0.0406. The standard InChI is InChI=1S/C14H11ClFNO/c15-14-5-4-11(16)7-10(14)8-13(18)9-12-3-1-2-6-17-12/h1-7H,8-9H2. The van der Waals surface area contributed by atoms with Gasteiger partial charge in [0, 0.05) is 29.8 Å². The van der Waals surface area contributed by atoms with Gasteiger partial charge >= 0.3 is 0 Å². The molecular formula is C14H11ClFNO. The maximum absolute atomic E-state index is 13.0. The van der Waals surface area contributed by atoms with Crippen LogP contribution in [-0.4, -0.2) is 10.8 Å². The lowest BCUT2D eigenvalue weighted by Gasteiger charge is -2.04. The summed E-state index contributed by atoms with van der Waals surface area (Å²) >= 11 is 5.91. The number of halogens is 2. The number of hydrogen-bond donors (Lipinski definition) is 0. The van der Waals surface area contributed by atoms with Gasteiger partial charge in [-0.15, -0.1) is 0 Å². The fourth-order valence-corrected chi connectivity index (χ4v) is 1.84. The van der Waals surface area contributed by atoms with E-state index in [1.54, 1.807) is 18.3 Å². The third kappa shape index (κ3) is 3.37. The van der Waals surface area contributed by atoms with E-state index in [-0.39, 0.29) is 24.4 Å². The molecule has 1 heterocycles. The van der Waals surface area contributed by atoms with E-state index in [0.29, 0.717) is 16.3 Å². The van der Waals surface area contributed by atoms with Gasteiger partial charge in [-0.25, -0.2) is 4.39 Å². The number of rotatable bonds is 4. The van der Waals surface area contributed by atoms with Crippen molar-refractivity contribution in [1.82, 2.24) is 4.98 Å². The predicted molar refractivity (Wildman–Crippen MR) is 68.1 cm³/mol. The molecule has 0 aliphatic heterocycles. The van der Waals surface area contributed by atoms with Crippen molar-refractivity contribution >= 4 is 17.4 Å². The second-order valence-corrected chi connectivity index (χ2v) is 4.36. The fraction of sp³-hybridized carbons (Fsp3) is 0.143. The lowest BCUT2D eigenvalue weighted by Crippen LogP contribution is -2.08. The molecule has 0 fully saturated rings. The third-order valence-corrected chi connectivity index (χ3v) is 2.87. The summed E-state index contributed by atoms with van der Waals surface area (Å²) < 4.78 is 13.0. The summed E-state index contributed by atoms with van der Waals surface area (Å²) in [6.45, 7) is 0. The average Bonchev–Trinajstić information content (AvgIpc) is 2.35. The van der Waals surface area contributed by atoms with E-state index in [2.05, 4.69) is 4.98 Å². The molecule has 0 radical (unpaired) electrons. The number of hydrogen-bond acceptors (Lipinski definition) is 2. The molecule has 2 rings (SSSR count). The van der Waals surface area contributed by atoms with Gasteiger partial charge in [-0.2, -0.15) is 0 Å². The monoisotopic (exact) mass is 263 g/mol. The highest BCUT2D eigenvalue weighted by Crippen LogP contribution is 2.18. The summed E-state index contributed by atoms with van der Waals surface area (Å²) in [4.78, 5) is 15.9. The van der Waals surface area contributed by atoms with Crippen molar-refractivity contribution in [3.63, 3.8) is 0 Å². The number of nitrogens with zero attached hydrogens (tertiary/aromatic N) is 1. The Kier molecular flexibility index (Phi) is 4.05. The number of ketones is 1. The van der Waals surface area contributed by atoms with Gasteiger partial charge in [-0.05, 0) is 35.9 Å². The van der Waals surface area contributed by atoms with Gasteiger partial charge in [-0.1, -0.05) is 17.7 Å².